The van der Waals surface area contributed by atoms with E-state index in [0.717, 1.165) is 6.04 Å². The van der Waals surface area contributed by atoms with E-state index in [-0.39, 0.29) is 0 Å². The van der Waals surface area contributed by atoms with Crippen molar-refractivity contribution in [2.75, 3.05) is 26.2 Å². The zero-order valence-corrected chi connectivity index (χ0v) is 10.9. The molecule has 16 heavy (non-hydrogen) atoms. The van der Waals surface area contributed by atoms with Crippen LogP contribution in [0.2, 0.25) is 0 Å². The van der Waals surface area contributed by atoms with Crippen molar-refractivity contribution in [1.82, 2.24) is 10.2 Å². The standard InChI is InChI=1S/C13H22N2S/c1-2-15(10-13-4-3-7-14-13)8-5-12-6-9-16-11-12/h6,9,11,13-14H,2-5,7-8,10H2,1H3. The van der Waals surface area contributed by atoms with Crippen LogP contribution in [-0.2, 0) is 6.42 Å². The van der Waals surface area contributed by atoms with E-state index in [1.807, 2.05) is 0 Å². The summed E-state index contributed by atoms with van der Waals surface area (Å²) in [4.78, 5) is 2.57. The van der Waals surface area contributed by atoms with E-state index in [0.29, 0.717) is 0 Å². The number of rotatable bonds is 6. The summed E-state index contributed by atoms with van der Waals surface area (Å²) in [6, 6.07) is 2.98. The fourth-order valence-electron chi connectivity index (χ4n) is 2.32. The highest BCUT2D eigenvalue weighted by molar-refractivity contribution is 7.07. The predicted octanol–water partition coefficient (Wildman–Crippen LogP) is 2.36. The summed E-state index contributed by atoms with van der Waals surface area (Å²) < 4.78 is 0. The zero-order chi connectivity index (χ0) is 11.2. The second kappa shape index (κ2) is 6.38. The molecule has 0 saturated carbocycles. The first kappa shape index (κ1) is 12.1. The summed E-state index contributed by atoms with van der Waals surface area (Å²) in [5.41, 5.74) is 1.49. The van der Waals surface area contributed by atoms with Crippen LogP contribution >= 0.6 is 11.3 Å². The van der Waals surface area contributed by atoms with E-state index < -0.39 is 0 Å². The fraction of sp³-hybridized carbons (Fsp3) is 0.692. The van der Waals surface area contributed by atoms with Gasteiger partial charge in [0.05, 0.1) is 0 Å². The first-order valence-electron chi connectivity index (χ1n) is 6.35. The second-order valence-corrected chi connectivity index (χ2v) is 5.35. The molecule has 1 atom stereocenters. The molecule has 1 N–H and O–H groups in total. The van der Waals surface area contributed by atoms with E-state index in [9.17, 15) is 0 Å². The van der Waals surface area contributed by atoms with Gasteiger partial charge in [0.1, 0.15) is 0 Å². The Morgan fingerprint density at radius 1 is 1.56 bits per heavy atom. The van der Waals surface area contributed by atoms with Gasteiger partial charge >= 0.3 is 0 Å². The molecule has 1 saturated heterocycles. The Balaban J connectivity index is 1.72. The predicted molar refractivity (Wildman–Crippen MR) is 71.2 cm³/mol. The molecule has 1 fully saturated rings. The number of likely N-dealkylation sites (N-methyl/N-ethyl adjacent to an activating group) is 1. The minimum absolute atomic E-state index is 0.738. The van der Waals surface area contributed by atoms with Gasteiger partial charge in [-0.15, -0.1) is 0 Å². The molecular weight excluding hydrogens is 216 g/mol. The van der Waals surface area contributed by atoms with Crippen molar-refractivity contribution in [3.05, 3.63) is 22.4 Å². The fourth-order valence-corrected chi connectivity index (χ4v) is 3.03. The van der Waals surface area contributed by atoms with Gasteiger partial charge in [-0.3, -0.25) is 0 Å². The smallest absolute Gasteiger partial charge is 0.0195 e. The molecule has 2 nitrogen and oxygen atoms in total. The molecule has 3 heteroatoms. The Morgan fingerprint density at radius 3 is 3.12 bits per heavy atom. The van der Waals surface area contributed by atoms with Gasteiger partial charge in [0.2, 0.25) is 0 Å². The zero-order valence-electron chi connectivity index (χ0n) is 10.1. The molecule has 1 aromatic heterocycles. The molecule has 1 aliphatic rings. The highest BCUT2D eigenvalue weighted by atomic mass is 32.1. The van der Waals surface area contributed by atoms with Crippen molar-refractivity contribution >= 4 is 11.3 Å². The van der Waals surface area contributed by atoms with Crippen LogP contribution in [0.15, 0.2) is 16.8 Å². The van der Waals surface area contributed by atoms with Crippen molar-refractivity contribution in [2.45, 2.75) is 32.2 Å². The van der Waals surface area contributed by atoms with Gasteiger partial charge in [-0.25, -0.2) is 0 Å². The Kier molecular flexibility index (Phi) is 4.82. The molecule has 0 aromatic carbocycles. The summed E-state index contributed by atoms with van der Waals surface area (Å²) >= 11 is 1.80. The molecule has 0 amide bonds. The number of hydrogen-bond donors (Lipinski definition) is 1. The molecule has 0 aliphatic carbocycles. The Bertz CT molecular complexity index is 278. The molecule has 1 aliphatic heterocycles. The Hall–Kier alpha value is -0.380. The van der Waals surface area contributed by atoms with Crippen molar-refractivity contribution < 1.29 is 0 Å². The van der Waals surface area contributed by atoms with Crippen molar-refractivity contribution in [2.24, 2.45) is 0 Å². The van der Waals surface area contributed by atoms with Crippen molar-refractivity contribution in [3.8, 4) is 0 Å². The van der Waals surface area contributed by atoms with E-state index in [1.165, 1.54) is 51.0 Å². The van der Waals surface area contributed by atoms with Crippen molar-refractivity contribution in [1.29, 1.82) is 0 Å². The highest BCUT2D eigenvalue weighted by Gasteiger charge is 2.16. The van der Waals surface area contributed by atoms with Crippen LogP contribution in [-0.4, -0.2) is 37.1 Å². The van der Waals surface area contributed by atoms with Gasteiger partial charge in [0.15, 0.2) is 0 Å². The van der Waals surface area contributed by atoms with Gasteiger partial charge < -0.3 is 10.2 Å². The molecule has 0 bridgehead atoms. The average Bonchev–Trinajstić information content (AvgIpc) is 2.97. The molecule has 2 rings (SSSR count). The minimum Gasteiger partial charge on any atom is -0.313 e. The summed E-state index contributed by atoms with van der Waals surface area (Å²) in [6.07, 6.45) is 3.91. The second-order valence-electron chi connectivity index (χ2n) is 4.57. The average molecular weight is 238 g/mol. The van der Waals surface area contributed by atoms with E-state index in [1.54, 1.807) is 11.3 Å². The quantitative estimate of drug-likeness (QED) is 0.818. The number of nitrogens with one attached hydrogen (secondary N) is 1. The molecule has 0 radical (unpaired) electrons. The van der Waals surface area contributed by atoms with E-state index in [2.05, 4.69) is 34.0 Å². The molecule has 0 spiro atoms. The third kappa shape index (κ3) is 3.58. The normalized spacial score (nSPS) is 20.8. The van der Waals surface area contributed by atoms with Gasteiger partial charge in [-0.05, 0) is 54.7 Å². The topological polar surface area (TPSA) is 15.3 Å². The van der Waals surface area contributed by atoms with Crippen LogP contribution in [0, 0.1) is 0 Å². The maximum Gasteiger partial charge on any atom is 0.0195 e. The third-order valence-corrected chi connectivity index (χ3v) is 4.12. The van der Waals surface area contributed by atoms with Crippen LogP contribution in [0.3, 0.4) is 0 Å². The molecule has 2 heterocycles. The van der Waals surface area contributed by atoms with Crippen LogP contribution in [0.1, 0.15) is 25.3 Å². The number of hydrogen-bond acceptors (Lipinski definition) is 3. The lowest BCUT2D eigenvalue weighted by Crippen LogP contribution is -2.38. The Labute approximate surface area is 103 Å². The lowest BCUT2D eigenvalue weighted by molar-refractivity contribution is 0.264. The molecular formula is C13H22N2S. The van der Waals surface area contributed by atoms with Gasteiger partial charge in [0, 0.05) is 19.1 Å². The van der Waals surface area contributed by atoms with Crippen LogP contribution in [0.25, 0.3) is 0 Å². The highest BCUT2D eigenvalue weighted by Crippen LogP contribution is 2.10. The summed E-state index contributed by atoms with van der Waals surface area (Å²) in [6.45, 7) is 7.07. The minimum atomic E-state index is 0.738. The molecule has 1 aromatic rings. The van der Waals surface area contributed by atoms with Gasteiger partial charge in [0.25, 0.3) is 0 Å². The Morgan fingerprint density at radius 2 is 2.50 bits per heavy atom. The monoisotopic (exact) mass is 238 g/mol. The molecule has 1 unspecified atom stereocenters. The SMILES string of the molecule is CCN(CCc1ccsc1)CC1CCCN1. The summed E-state index contributed by atoms with van der Waals surface area (Å²) in [5, 5.41) is 8.01. The van der Waals surface area contributed by atoms with Gasteiger partial charge in [-0.1, -0.05) is 6.92 Å². The first-order chi connectivity index (χ1) is 7.88. The first-order valence-corrected chi connectivity index (χ1v) is 7.29. The lowest BCUT2D eigenvalue weighted by atomic mass is 10.2. The maximum absolute atomic E-state index is 3.57. The molecule has 90 valence electrons. The van der Waals surface area contributed by atoms with Crippen LogP contribution < -0.4 is 5.32 Å². The van der Waals surface area contributed by atoms with Crippen LogP contribution in [0.5, 0.6) is 0 Å². The van der Waals surface area contributed by atoms with Crippen LogP contribution in [0.4, 0.5) is 0 Å². The van der Waals surface area contributed by atoms with Crippen molar-refractivity contribution in [3.63, 3.8) is 0 Å². The number of thiophene rings is 1. The van der Waals surface area contributed by atoms with Gasteiger partial charge in [-0.2, -0.15) is 11.3 Å². The van der Waals surface area contributed by atoms with E-state index >= 15 is 0 Å². The van der Waals surface area contributed by atoms with E-state index in [4.69, 9.17) is 0 Å². The lowest BCUT2D eigenvalue weighted by Gasteiger charge is -2.23. The third-order valence-electron chi connectivity index (χ3n) is 3.38. The number of nitrogens with zero attached hydrogens (tertiary/aromatic N) is 1. The summed E-state index contributed by atoms with van der Waals surface area (Å²) in [5.74, 6) is 0. The largest absolute Gasteiger partial charge is 0.313 e. The summed E-state index contributed by atoms with van der Waals surface area (Å²) in [7, 11) is 0. The maximum atomic E-state index is 3.57.